The number of nitrogens with zero attached hydrogens (tertiary/aromatic N) is 2. The van der Waals surface area contributed by atoms with Crippen molar-refractivity contribution in [3.63, 3.8) is 0 Å². The topological polar surface area (TPSA) is 52.7 Å². The molecule has 2 rings (SSSR count). The average Bonchev–Trinajstić information content (AvgIpc) is 2.72. The highest BCUT2D eigenvalue weighted by Crippen LogP contribution is 2.16. The van der Waals surface area contributed by atoms with Crippen LogP contribution >= 0.6 is 11.6 Å². The number of rotatable bonds is 2. The molecule has 1 aromatic carbocycles. The first kappa shape index (κ1) is 15.6. The van der Waals surface area contributed by atoms with Crippen molar-refractivity contribution in [3.05, 3.63) is 29.3 Å². The normalized spacial score (nSPS) is 15.5. The minimum absolute atomic E-state index is 0.145. The van der Waals surface area contributed by atoms with E-state index in [-0.39, 0.29) is 11.9 Å². The average molecular weight is 310 g/mol. The number of nitrogens with one attached hydrogen (secondary N) is 1. The van der Waals surface area contributed by atoms with Crippen molar-refractivity contribution in [3.8, 4) is 0 Å². The molecule has 1 aliphatic heterocycles. The number of amides is 3. The number of hydrogen-bond acceptors (Lipinski definition) is 2. The highest BCUT2D eigenvalue weighted by Gasteiger charge is 2.21. The van der Waals surface area contributed by atoms with Crippen molar-refractivity contribution in [2.45, 2.75) is 19.8 Å². The van der Waals surface area contributed by atoms with Crippen molar-refractivity contribution in [1.29, 1.82) is 0 Å². The van der Waals surface area contributed by atoms with Crippen LogP contribution in [0.25, 0.3) is 0 Å². The Bertz CT molecular complexity index is 521. The molecule has 3 amide bonds. The molecule has 0 unspecified atom stereocenters. The second kappa shape index (κ2) is 7.31. The summed E-state index contributed by atoms with van der Waals surface area (Å²) in [6.45, 7) is 4.37. The largest absolute Gasteiger partial charge is 0.341 e. The molecule has 0 aromatic heterocycles. The minimum Gasteiger partial charge on any atom is -0.341 e. The first-order valence-electron chi connectivity index (χ1n) is 7.19. The zero-order valence-corrected chi connectivity index (χ0v) is 12.9. The lowest BCUT2D eigenvalue weighted by Gasteiger charge is -2.22. The number of urea groups is 1. The Morgan fingerprint density at radius 3 is 2.62 bits per heavy atom. The van der Waals surface area contributed by atoms with Crippen molar-refractivity contribution in [1.82, 2.24) is 9.80 Å². The Kier molecular flexibility index (Phi) is 5.44. The third-order valence-corrected chi connectivity index (χ3v) is 3.75. The van der Waals surface area contributed by atoms with Crippen LogP contribution < -0.4 is 5.32 Å². The number of hydrogen-bond donors (Lipinski definition) is 1. The van der Waals surface area contributed by atoms with Gasteiger partial charge in [0.05, 0.1) is 0 Å². The van der Waals surface area contributed by atoms with Gasteiger partial charge in [0.25, 0.3) is 0 Å². The summed E-state index contributed by atoms with van der Waals surface area (Å²) in [5.41, 5.74) is 0.679. The maximum Gasteiger partial charge on any atom is 0.321 e. The molecular weight excluding hydrogens is 290 g/mol. The van der Waals surface area contributed by atoms with Gasteiger partial charge in [0.1, 0.15) is 0 Å². The van der Waals surface area contributed by atoms with Gasteiger partial charge in [-0.2, -0.15) is 0 Å². The van der Waals surface area contributed by atoms with Crippen LogP contribution in [0.4, 0.5) is 10.5 Å². The maximum atomic E-state index is 12.2. The summed E-state index contributed by atoms with van der Waals surface area (Å²) in [6, 6.07) is 6.92. The minimum atomic E-state index is -0.150. The number of carbonyl (C=O) groups is 2. The predicted molar refractivity (Wildman–Crippen MR) is 83.5 cm³/mol. The van der Waals surface area contributed by atoms with Gasteiger partial charge in [-0.3, -0.25) is 4.79 Å². The summed E-state index contributed by atoms with van der Waals surface area (Å²) in [4.78, 5) is 27.5. The molecule has 6 heteroatoms. The summed E-state index contributed by atoms with van der Waals surface area (Å²) in [5, 5.41) is 3.42. The molecule has 1 heterocycles. The number of anilines is 1. The standard InChI is InChI=1S/C15H20ClN3O2/c1-2-14(20)18-7-4-8-19(10-9-18)15(21)17-13-6-3-5-12(16)11-13/h3,5-6,11H,2,4,7-10H2,1H3,(H,17,21). The van der Waals surface area contributed by atoms with E-state index >= 15 is 0 Å². The second-order valence-electron chi connectivity index (χ2n) is 5.02. The van der Waals surface area contributed by atoms with Crippen molar-refractivity contribution in [2.75, 3.05) is 31.5 Å². The molecule has 114 valence electrons. The number of benzene rings is 1. The Hall–Kier alpha value is -1.75. The first-order valence-corrected chi connectivity index (χ1v) is 7.57. The number of carbonyl (C=O) groups excluding carboxylic acids is 2. The highest BCUT2D eigenvalue weighted by molar-refractivity contribution is 6.30. The molecule has 0 aliphatic carbocycles. The third-order valence-electron chi connectivity index (χ3n) is 3.51. The van der Waals surface area contributed by atoms with Crippen LogP contribution in [0.15, 0.2) is 24.3 Å². The molecule has 0 saturated carbocycles. The van der Waals surface area contributed by atoms with E-state index < -0.39 is 0 Å². The van der Waals surface area contributed by atoms with Gasteiger partial charge in [-0.15, -0.1) is 0 Å². The fourth-order valence-corrected chi connectivity index (χ4v) is 2.55. The third kappa shape index (κ3) is 4.36. The van der Waals surface area contributed by atoms with Crippen LogP contribution in [0.5, 0.6) is 0 Å². The van der Waals surface area contributed by atoms with E-state index in [1.54, 1.807) is 29.2 Å². The SMILES string of the molecule is CCC(=O)N1CCCN(C(=O)Nc2cccc(Cl)c2)CC1. The van der Waals surface area contributed by atoms with Gasteiger partial charge in [0.15, 0.2) is 0 Å². The van der Waals surface area contributed by atoms with E-state index in [9.17, 15) is 9.59 Å². The Labute approximate surface area is 129 Å². The molecule has 1 saturated heterocycles. The summed E-state index contributed by atoms with van der Waals surface area (Å²) in [6.07, 6.45) is 1.31. The van der Waals surface area contributed by atoms with E-state index in [0.29, 0.717) is 43.3 Å². The van der Waals surface area contributed by atoms with Gasteiger partial charge in [0.2, 0.25) is 5.91 Å². The quantitative estimate of drug-likeness (QED) is 0.913. The van der Waals surface area contributed by atoms with Crippen LogP contribution in [0, 0.1) is 0 Å². The predicted octanol–water partition coefficient (Wildman–Crippen LogP) is 2.82. The van der Waals surface area contributed by atoms with Crippen LogP contribution in [0.1, 0.15) is 19.8 Å². The van der Waals surface area contributed by atoms with E-state index in [1.165, 1.54) is 0 Å². The molecule has 0 bridgehead atoms. The van der Waals surface area contributed by atoms with Crippen molar-refractivity contribution < 1.29 is 9.59 Å². The van der Waals surface area contributed by atoms with Crippen molar-refractivity contribution in [2.24, 2.45) is 0 Å². The van der Waals surface area contributed by atoms with Gasteiger partial charge in [-0.05, 0) is 24.6 Å². The lowest BCUT2D eigenvalue weighted by Crippen LogP contribution is -2.39. The molecule has 1 N–H and O–H groups in total. The maximum absolute atomic E-state index is 12.2. The molecule has 0 spiro atoms. The monoisotopic (exact) mass is 309 g/mol. The van der Waals surface area contributed by atoms with Gasteiger partial charge in [0, 0.05) is 43.3 Å². The number of halogens is 1. The Morgan fingerprint density at radius 1 is 1.19 bits per heavy atom. The Balaban J connectivity index is 1.92. The van der Waals surface area contributed by atoms with Gasteiger partial charge in [-0.25, -0.2) is 4.79 Å². The molecule has 0 atom stereocenters. The summed E-state index contributed by atoms with van der Waals surface area (Å²) in [5.74, 6) is 0.145. The van der Waals surface area contributed by atoms with Crippen molar-refractivity contribution >= 4 is 29.2 Å². The molecule has 5 nitrogen and oxygen atoms in total. The Morgan fingerprint density at radius 2 is 1.90 bits per heavy atom. The molecule has 21 heavy (non-hydrogen) atoms. The van der Waals surface area contributed by atoms with E-state index in [1.807, 2.05) is 11.8 Å². The smallest absolute Gasteiger partial charge is 0.321 e. The second-order valence-corrected chi connectivity index (χ2v) is 5.45. The highest BCUT2D eigenvalue weighted by atomic mass is 35.5. The van der Waals surface area contributed by atoms with Gasteiger partial charge < -0.3 is 15.1 Å². The molecule has 1 aliphatic rings. The molecule has 1 aromatic rings. The van der Waals surface area contributed by atoms with Gasteiger partial charge >= 0.3 is 6.03 Å². The van der Waals surface area contributed by atoms with Crippen LogP contribution in [-0.2, 0) is 4.79 Å². The summed E-state index contributed by atoms with van der Waals surface area (Å²) in [7, 11) is 0. The zero-order chi connectivity index (χ0) is 15.2. The zero-order valence-electron chi connectivity index (χ0n) is 12.1. The first-order chi connectivity index (χ1) is 10.1. The molecule has 1 fully saturated rings. The lowest BCUT2D eigenvalue weighted by molar-refractivity contribution is -0.130. The van der Waals surface area contributed by atoms with Crippen LogP contribution in [0.2, 0.25) is 5.02 Å². The summed E-state index contributed by atoms with van der Waals surface area (Å²) >= 11 is 5.90. The summed E-state index contributed by atoms with van der Waals surface area (Å²) < 4.78 is 0. The lowest BCUT2D eigenvalue weighted by atomic mass is 10.3. The molecule has 0 radical (unpaired) electrons. The van der Waals surface area contributed by atoms with Crippen LogP contribution in [-0.4, -0.2) is 47.9 Å². The fraction of sp³-hybridized carbons (Fsp3) is 0.467. The fourth-order valence-electron chi connectivity index (χ4n) is 2.36. The van der Waals surface area contributed by atoms with Crippen LogP contribution in [0.3, 0.4) is 0 Å². The van der Waals surface area contributed by atoms with E-state index in [2.05, 4.69) is 5.32 Å². The van der Waals surface area contributed by atoms with Gasteiger partial charge in [-0.1, -0.05) is 24.6 Å². The van der Waals surface area contributed by atoms with E-state index in [4.69, 9.17) is 11.6 Å². The van der Waals surface area contributed by atoms with E-state index in [0.717, 1.165) is 6.42 Å². The molecular formula is C15H20ClN3O2.